The molecular weight excluding hydrogens is 680 g/mol. The second kappa shape index (κ2) is 11.4. The molecule has 2 unspecified atom stereocenters. The minimum absolute atomic E-state index is 0.000793. The minimum atomic E-state index is -0.881. The standard InChI is InChI=1S/C46H59FN2O5/c1-23(2)35-38(52)33-32-25(28-22-42(6,7)54-43(8,9)34(28)37(32)51)21-26-27-20-24-15-16-30-44(10,18-13-14-29(47)40(53)48-41(3,4)5)31(50)17-19-45(30,11)46(24,12)39(27)49(35)36(26)33/h13-14,18,21-22,24,30-31,34-35,37,50-51H,1,15-17,19-20H2,2-12H3,(H,48,53)/b18-13+,29-14-/t24?,30-,31-,34?,35-,37+,44-,45-,46+/m0/s1. The molecule has 2 aliphatic heterocycles. The predicted molar refractivity (Wildman–Crippen MR) is 211 cm³/mol. The van der Waals surface area contributed by atoms with E-state index in [0.29, 0.717) is 17.9 Å². The number of aliphatic hydroxyl groups is 2. The summed E-state index contributed by atoms with van der Waals surface area (Å²) in [5, 5.41) is 27.7. The van der Waals surface area contributed by atoms with Gasteiger partial charge < -0.3 is 24.8 Å². The summed E-state index contributed by atoms with van der Waals surface area (Å²) in [6.07, 6.45) is 9.53. The van der Waals surface area contributed by atoms with E-state index in [1.165, 1.54) is 17.3 Å². The van der Waals surface area contributed by atoms with Crippen LogP contribution in [-0.2, 0) is 21.4 Å². The van der Waals surface area contributed by atoms with Crippen molar-refractivity contribution < 1.29 is 28.9 Å². The third kappa shape index (κ3) is 4.81. The van der Waals surface area contributed by atoms with Gasteiger partial charge in [0.2, 0.25) is 0 Å². The van der Waals surface area contributed by atoms with Crippen molar-refractivity contribution in [3.63, 3.8) is 0 Å². The van der Waals surface area contributed by atoms with Gasteiger partial charge in [-0.3, -0.25) is 9.59 Å². The van der Waals surface area contributed by atoms with Gasteiger partial charge in [0, 0.05) is 38.9 Å². The fraction of sp³-hybridized carbons (Fsp3) is 0.609. The van der Waals surface area contributed by atoms with Crippen molar-refractivity contribution in [2.45, 2.75) is 149 Å². The molecular formula is C46H59FN2O5. The number of rotatable bonds is 4. The smallest absolute Gasteiger partial charge is 0.280 e. The number of hydrogen-bond donors (Lipinski definition) is 3. The third-order valence-corrected chi connectivity index (χ3v) is 15.0. The van der Waals surface area contributed by atoms with Crippen LogP contribution >= 0.6 is 0 Å². The molecule has 0 bridgehead atoms. The molecule has 2 aromatic rings. The average Bonchev–Trinajstić information content (AvgIpc) is 3.71. The average molecular weight is 739 g/mol. The van der Waals surface area contributed by atoms with Crippen LogP contribution in [0.5, 0.6) is 0 Å². The number of Topliss-reactive ketones (excluding diaryl/α,β-unsaturated/α-hetero) is 1. The van der Waals surface area contributed by atoms with Crippen LogP contribution in [0, 0.1) is 28.6 Å². The number of aliphatic hydroxyl groups excluding tert-OH is 2. The molecule has 290 valence electrons. The van der Waals surface area contributed by atoms with Crippen molar-refractivity contribution in [3.05, 3.63) is 76.3 Å². The summed E-state index contributed by atoms with van der Waals surface area (Å²) in [6, 6.07) is 1.70. The highest BCUT2D eigenvalue weighted by Gasteiger charge is 2.67. The topological polar surface area (TPSA) is 101 Å². The zero-order valence-electron chi connectivity index (χ0n) is 34.0. The second-order valence-corrected chi connectivity index (χ2v) is 20.4. The zero-order chi connectivity index (χ0) is 39.5. The molecule has 54 heavy (non-hydrogen) atoms. The molecule has 1 amide bonds. The molecule has 4 aliphatic carbocycles. The number of nitrogens with zero attached hydrogens (tertiary/aromatic N) is 1. The lowest BCUT2D eigenvalue weighted by molar-refractivity contribution is -0.144. The SMILES string of the molecule is C=C(C)[C@H]1C(=O)c2c3c(cc4c5c(n1c24)[C@@]1(C)C(CC[C@H]2[C@](C)(/C=C/C=C(\F)C(=O)NC(C)(C)C)[C@@H](O)CC[C@@]21C)C5)C1=CC(C)(C)OC(C)(C)C1[C@@H]3O. The van der Waals surface area contributed by atoms with Crippen LogP contribution in [-0.4, -0.2) is 49.3 Å². The molecule has 8 rings (SSSR count). The van der Waals surface area contributed by atoms with Crippen molar-refractivity contribution in [2.24, 2.45) is 28.6 Å². The number of benzene rings is 1. The van der Waals surface area contributed by atoms with E-state index < -0.39 is 52.1 Å². The Labute approximate surface area is 319 Å². The van der Waals surface area contributed by atoms with Gasteiger partial charge in [-0.25, -0.2) is 4.39 Å². The molecule has 0 radical (unpaired) electrons. The summed E-state index contributed by atoms with van der Waals surface area (Å²) in [5.41, 5.74) is 4.53. The van der Waals surface area contributed by atoms with E-state index in [0.717, 1.165) is 58.9 Å². The number of allylic oxidation sites excluding steroid dienone is 3. The maximum absolute atomic E-state index is 15.0. The molecule has 3 N–H and O–H groups in total. The van der Waals surface area contributed by atoms with Gasteiger partial charge in [0.05, 0.1) is 34.5 Å². The lowest BCUT2D eigenvalue weighted by Gasteiger charge is -2.64. The highest BCUT2D eigenvalue weighted by atomic mass is 19.1. The number of fused-ring (bicyclic) bond motifs is 11. The Morgan fingerprint density at radius 1 is 1.09 bits per heavy atom. The first kappa shape index (κ1) is 37.6. The molecule has 6 aliphatic rings. The fourth-order valence-corrected chi connectivity index (χ4v) is 12.9. The van der Waals surface area contributed by atoms with E-state index >= 15 is 0 Å². The van der Waals surface area contributed by atoms with Crippen LogP contribution in [0.15, 0.2) is 48.3 Å². The van der Waals surface area contributed by atoms with Crippen LogP contribution in [0.4, 0.5) is 4.39 Å². The number of nitrogens with one attached hydrogen (secondary N) is 1. The van der Waals surface area contributed by atoms with Gasteiger partial charge in [0.15, 0.2) is 11.6 Å². The predicted octanol–water partition coefficient (Wildman–Crippen LogP) is 8.92. The van der Waals surface area contributed by atoms with Crippen molar-refractivity contribution in [1.82, 2.24) is 9.88 Å². The van der Waals surface area contributed by atoms with E-state index in [1.807, 2.05) is 47.6 Å². The lowest BCUT2D eigenvalue weighted by atomic mass is 9.40. The van der Waals surface area contributed by atoms with Gasteiger partial charge in [0.25, 0.3) is 5.91 Å². The van der Waals surface area contributed by atoms with E-state index in [-0.39, 0.29) is 28.4 Å². The Morgan fingerprint density at radius 3 is 2.43 bits per heavy atom. The Balaban J connectivity index is 1.29. The number of amides is 1. The molecule has 2 saturated carbocycles. The molecule has 0 spiro atoms. The Bertz CT molecular complexity index is 2140. The summed E-state index contributed by atoms with van der Waals surface area (Å²) in [7, 11) is 0. The number of hydrogen-bond acceptors (Lipinski definition) is 5. The van der Waals surface area contributed by atoms with E-state index in [4.69, 9.17) is 4.74 Å². The van der Waals surface area contributed by atoms with Crippen LogP contribution in [0.2, 0.25) is 0 Å². The first-order valence-corrected chi connectivity index (χ1v) is 20.0. The van der Waals surface area contributed by atoms with Gasteiger partial charge in [0.1, 0.15) is 6.04 Å². The van der Waals surface area contributed by atoms with Gasteiger partial charge >= 0.3 is 0 Å². The summed E-state index contributed by atoms with van der Waals surface area (Å²) < 4.78 is 23.8. The van der Waals surface area contributed by atoms with Crippen molar-refractivity contribution in [2.75, 3.05) is 0 Å². The number of ether oxygens (including phenoxy) is 1. The maximum atomic E-state index is 15.0. The number of aromatic nitrogens is 1. The minimum Gasteiger partial charge on any atom is -0.392 e. The van der Waals surface area contributed by atoms with Crippen molar-refractivity contribution in [3.8, 4) is 0 Å². The first-order valence-electron chi connectivity index (χ1n) is 20.0. The Morgan fingerprint density at radius 2 is 1.78 bits per heavy atom. The number of ketones is 1. The second-order valence-electron chi connectivity index (χ2n) is 20.4. The Kier molecular flexibility index (Phi) is 7.92. The third-order valence-electron chi connectivity index (χ3n) is 15.0. The largest absolute Gasteiger partial charge is 0.392 e. The quantitative estimate of drug-likeness (QED) is 0.165. The van der Waals surface area contributed by atoms with E-state index in [9.17, 15) is 24.2 Å². The number of carbonyl (C=O) groups is 2. The highest BCUT2D eigenvalue weighted by molar-refractivity contribution is 6.18. The highest BCUT2D eigenvalue weighted by Crippen LogP contribution is 2.71. The number of carbonyl (C=O) groups excluding carboxylic acids is 2. The molecule has 8 heteroatoms. The molecule has 2 fully saturated rings. The molecule has 1 aromatic carbocycles. The van der Waals surface area contributed by atoms with E-state index in [1.54, 1.807) is 6.08 Å². The van der Waals surface area contributed by atoms with Crippen molar-refractivity contribution >= 4 is 28.2 Å². The monoisotopic (exact) mass is 738 g/mol. The van der Waals surface area contributed by atoms with Crippen LogP contribution < -0.4 is 5.32 Å². The van der Waals surface area contributed by atoms with Gasteiger partial charge in [-0.1, -0.05) is 45.1 Å². The molecule has 7 nitrogen and oxygen atoms in total. The van der Waals surface area contributed by atoms with Gasteiger partial charge in [-0.05, 0) is 140 Å². The van der Waals surface area contributed by atoms with Gasteiger partial charge in [-0.2, -0.15) is 0 Å². The van der Waals surface area contributed by atoms with E-state index in [2.05, 4.69) is 63.2 Å². The van der Waals surface area contributed by atoms with Crippen LogP contribution in [0.1, 0.15) is 147 Å². The van der Waals surface area contributed by atoms with Crippen molar-refractivity contribution in [1.29, 1.82) is 0 Å². The molecule has 0 saturated heterocycles. The maximum Gasteiger partial charge on any atom is 0.280 e. The summed E-state index contributed by atoms with van der Waals surface area (Å²) in [4.78, 5) is 27.4. The van der Waals surface area contributed by atoms with Crippen LogP contribution in [0.25, 0.3) is 16.5 Å². The fourth-order valence-electron chi connectivity index (χ4n) is 12.9. The molecule has 9 atom stereocenters. The summed E-state index contributed by atoms with van der Waals surface area (Å²) in [5.74, 6) is -1.54. The summed E-state index contributed by atoms with van der Waals surface area (Å²) in [6.45, 7) is 26.8. The first-order chi connectivity index (χ1) is 24.9. The zero-order valence-corrected chi connectivity index (χ0v) is 34.0. The lowest BCUT2D eigenvalue weighted by Crippen LogP contribution is -2.62. The Hall–Kier alpha value is -3.33. The summed E-state index contributed by atoms with van der Waals surface area (Å²) >= 11 is 0. The normalized spacial score (nSPS) is 37.5. The van der Waals surface area contributed by atoms with Crippen LogP contribution in [0.3, 0.4) is 0 Å². The number of halogens is 1. The molecule has 1 aromatic heterocycles. The molecule has 3 heterocycles. The van der Waals surface area contributed by atoms with Gasteiger partial charge in [-0.15, -0.1) is 0 Å².